The first-order chi connectivity index (χ1) is 10.0. The molecule has 0 spiro atoms. The van der Waals surface area contributed by atoms with Crippen molar-refractivity contribution in [3.8, 4) is 0 Å². The lowest BCUT2D eigenvalue weighted by atomic mass is 9.63. The molecule has 1 saturated carbocycles. The van der Waals surface area contributed by atoms with Gasteiger partial charge in [0.25, 0.3) is 0 Å². The van der Waals surface area contributed by atoms with E-state index in [0.717, 1.165) is 25.6 Å². The molecule has 0 unspecified atom stereocenters. The Morgan fingerprint density at radius 3 is 2.36 bits per heavy atom. The molecule has 0 atom stereocenters. The second-order valence-corrected chi connectivity index (χ2v) is 7.90. The Balaban J connectivity index is 0.00000176. The van der Waals surface area contributed by atoms with E-state index >= 15 is 0 Å². The normalized spacial score (nSPS) is 28.1. The van der Waals surface area contributed by atoms with Crippen molar-refractivity contribution in [1.82, 2.24) is 10.2 Å². The van der Waals surface area contributed by atoms with Crippen LogP contribution in [0.1, 0.15) is 58.8 Å². The van der Waals surface area contributed by atoms with Crippen LogP contribution in [0.15, 0.2) is 0 Å². The fourth-order valence-electron chi connectivity index (χ4n) is 4.57. The van der Waals surface area contributed by atoms with Gasteiger partial charge in [-0.05, 0) is 64.0 Å². The van der Waals surface area contributed by atoms with E-state index in [-0.39, 0.29) is 24.0 Å². The Kier molecular flexibility index (Phi) is 5.65. The maximum atomic E-state index is 12.2. The molecular formula is C17H31ClN2O2. The van der Waals surface area contributed by atoms with E-state index in [0.29, 0.717) is 12.0 Å². The zero-order valence-corrected chi connectivity index (χ0v) is 14.8. The van der Waals surface area contributed by atoms with Crippen LogP contribution in [0, 0.1) is 11.3 Å². The Bertz CT molecular complexity index is 388. The van der Waals surface area contributed by atoms with Gasteiger partial charge in [0.05, 0.1) is 5.54 Å². The Morgan fingerprint density at radius 2 is 1.82 bits per heavy atom. The molecule has 0 aromatic heterocycles. The summed E-state index contributed by atoms with van der Waals surface area (Å²) < 4.78 is 5.33. The van der Waals surface area contributed by atoms with E-state index in [1.165, 1.54) is 44.9 Å². The highest BCUT2D eigenvalue weighted by Gasteiger charge is 2.48. The van der Waals surface area contributed by atoms with Crippen molar-refractivity contribution in [1.29, 1.82) is 0 Å². The van der Waals surface area contributed by atoms with Crippen molar-refractivity contribution in [3.05, 3.63) is 0 Å². The summed E-state index contributed by atoms with van der Waals surface area (Å²) >= 11 is 0. The molecule has 128 valence electrons. The van der Waals surface area contributed by atoms with Gasteiger partial charge in [-0.1, -0.05) is 19.3 Å². The molecular weight excluding hydrogens is 300 g/mol. The predicted molar refractivity (Wildman–Crippen MR) is 90.5 cm³/mol. The summed E-state index contributed by atoms with van der Waals surface area (Å²) in [6, 6.07) is 0. The minimum Gasteiger partial charge on any atom is -0.447 e. The molecule has 0 aromatic carbocycles. The molecule has 1 aliphatic carbocycles. The standard InChI is InChI=1S/C17H30N2O2.ClH/c1-16(2)13-21-15(20)19(16)12-17(8-10-18-11-9-17)14-6-4-3-5-7-14;/h14,18H,3-13H2,1-2H3;1H. The summed E-state index contributed by atoms with van der Waals surface area (Å²) in [5.74, 6) is 0.789. The quantitative estimate of drug-likeness (QED) is 0.859. The number of ether oxygens (including phenoxy) is 1. The molecule has 0 aromatic rings. The monoisotopic (exact) mass is 330 g/mol. The fourth-order valence-corrected chi connectivity index (χ4v) is 4.57. The maximum Gasteiger partial charge on any atom is 0.410 e. The smallest absolute Gasteiger partial charge is 0.410 e. The molecule has 2 aliphatic heterocycles. The van der Waals surface area contributed by atoms with Gasteiger partial charge in [0, 0.05) is 6.54 Å². The predicted octanol–water partition coefficient (Wildman–Crippen LogP) is 3.59. The largest absolute Gasteiger partial charge is 0.447 e. The third-order valence-electron chi connectivity index (χ3n) is 6.04. The Labute approximate surface area is 140 Å². The molecule has 1 amide bonds. The summed E-state index contributed by atoms with van der Waals surface area (Å²) in [4.78, 5) is 14.2. The zero-order valence-electron chi connectivity index (χ0n) is 14.0. The number of carbonyl (C=O) groups is 1. The molecule has 2 saturated heterocycles. The van der Waals surface area contributed by atoms with Crippen molar-refractivity contribution < 1.29 is 9.53 Å². The number of nitrogens with zero attached hydrogens (tertiary/aromatic N) is 1. The fraction of sp³-hybridized carbons (Fsp3) is 0.941. The van der Waals surface area contributed by atoms with Crippen LogP contribution < -0.4 is 5.32 Å². The number of cyclic esters (lactones) is 1. The van der Waals surface area contributed by atoms with Crippen molar-refractivity contribution in [2.24, 2.45) is 11.3 Å². The second kappa shape index (κ2) is 6.96. The van der Waals surface area contributed by atoms with Crippen molar-refractivity contribution in [3.63, 3.8) is 0 Å². The molecule has 5 heteroatoms. The van der Waals surface area contributed by atoms with Gasteiger partial charge >= 0.3 is 6.09 Å². The van der Waals surface area contributed by atoms with Gasteiger partial charge in [0.2, 0.25) is 0 Å². The summed E-state index contributed by atoms with van der Waals surface area (Å²) in [5, 5.41) is 3.50. The van der Waals surface area contributed by atoms with Crippen LogP contribution in [0.4, 0.5) is 4.79 Å². The topological polar surface area (TPSA) is 41.6 Å². The summed E-state index contributed by atoms with van der Waals surface area (Å²) in [6.45, 7) is 7.89. The number of piperidine rings is 1. The SMILES string of the molecule is CC1(C)COC(=O)N1CC1(C2CCCCC2)CCNCC1.Cl. The van der Waals surface area contributed by atoms with Crippen LogP contribution in [0.3, 0.4) is 0 Å². The number of hydrogen-bond donors (Lipinski definition) is 1. The number of amides is 1. The number of carbonyl (C=O) groups excluding carboxylic acids is 1. The van der Waals surface area contributed by atoms with Gasteiger partial charge in [-0.3, -0.25) is 4.90 Å². The van der Waals surface area contributed by atoms with Crippen molar-refractivity contribution >= 4 is 18.5 Å². The molecule has 3 aliphatic rings. The van der Waals surface area contributed by atoms with Gasteiger partial charge in [-0.15, -0.1) is 12.4 Å². The van der Waals surface area contributed by atoms with Crippen LogP contribution >= 0.6 is 12.4 Å². The second-order valence-electron chi connectivity index (χ2n) is 7.90. The van der Waals surface area contributed by atoms with E-state index < -0.39 is 0 Å². The molecule has 3 rings (SSSR count). The van der Waals surface area contributed by atoms with Gasteiger partial charge in [-0.2, -0.15) is 0 Å². The molecule has 3 fully saturated rings. The number of hydrogen-bond acceptors (Lipinski definition) is 3. The van der Waals surface area contributed by atoms with Crippen LogP contribution in [-0.2, 0) is 4.74 Å². The van der Waals surface area contributed by atoms with Crippen LogP contribution in [-0.4, -0.2) is 42.8 Å². The van der Waals surface area contributed by atoms with Gasteiger partial charge in [0.15, 0.2) is 0 Å². The first kappa shape index (κ1) is 17.9. The summed E-state index contributed by atoms with van der Waals surface area (Å²) in [6.07, 6.45) is 9.14. The molecule has 1 N–H and O–H groups in total. The molecule has 22 heavy (non-hydrogen) atoms. The van der Waals surface area contributed by atoms with E-state index in [9.17, 15) is 4.79 Å². The minimum absolute atomic E-state index is 0. The van der Waals surface area contributed by atoms with Crippen molar-refractivity contribution in [2.45, 2.75) is 64.3 Å². The first-order valence-electron chi connectivity index (χ1n) is 8.69. The van der Waals surface area contributed by atoms with Gasteiger partial charge in [0.1, 0.15) is 6.61 Å². The molecule has 0 bridgehead atoms. The van der Waals surface area contributed by atoms with Crippen LogP contribution in [0.2, 0.25) is 0 Å². The first-order valence-corrected chi connectivity index (χ1v) is 8.69. The number of nitrogens with one attached hydrogen (secondary N) is 1. The van der Waals surface area contributed by atoms with Crippen LogP contribution in [0.25, 0.3) is 0 Å². The van der Waals surface area contributed by atoms with E-state index in [1.54, 1.807) is 0 Å². The highest BCUT2D eigenvalue weighted by molar-refractivity contribution is 5.85. The third-order valence-corrected chi connectivity index (χ3v) is 6.04. The lowest BCUT2D eigenvalue weighted by Crippen LogP contribution is -2.53. The third kappa shape index (κ3) is 3.38. The van der Waals surface area contributed by atoms with Gasteiger partial charge in [-0.25, -0.2) is 4.79 Å². The molecule has 0 radical (unpaired) electrons. The molecule has 4 nitrogen and oxygen atoms in total. The average Bonchev–Trinajstić information content (AvgIpc) is 2.76. The van der Waals surface area contributed by atoms with Crippen molar-refractivity contribution in [2.75, 3.05) is 26.2 Å². The number of rotatable bonds is 3. The van der Waals surface area contributed by atoms with E-state index in [2.05, 4.69) is 19.2 Å². The zero-order chi connectivity index (χ0) is 14.9. The Morgan fingerprint density at radius 1 is 1.18 bits per heavy atom. The maximum absolute atomic E-state index is 12.2. The highest BCUT2D eigenvalue weighted by atomic mass is 35.5. The van der Waals surface area contributed by atoms with E-state index in [1.807, 2.05) is 4.90 Å². The van der Waals surface area contributed by atoms with Gasteiger partial charge < -0.3 is 10.1 Å². The lowest BCUT2D eigenvalue weighted by Gasteiger charge is -2.48. The lowest BCUT2D eigenvalue weighted by molar-refractivity contribution is 0.0252. The summed E-state index contributed by atoms with van der Waals surface area (Å²) in [5.41, 5.74) is 0.163. The average molecular weight is 331 g/mol. The Hall–Kier alpha value is -0.480. The minimum atomic E-state index is -0.149. The van der Waals surface area contributed by atoms with Crippen LogP contribution in [0.5, 0.6) is 0 Å². The summed E-state index contributed by atoms with van der Waals surface area (Å²) in [7, 11) is 0. The molecule has 2 heterocycles. The number of halogens is 1. The van der Waals surface area contributed by atoms with E-state index in [4.69, 9.17) is 4.74 Å². The highest BCUT2D eigenvalue weighted by Crippen LogP contribution is 2.46.